The van der Waals surface area contributed by atoms with E-state index in [2.05, 4.69) is 206 Å². The Hall–Kier alpha value is -5.38. The van der Waals surface area contributed by atoms with E-state index in [-0.39, 0.29) is 5.41 Å². The van der Waals surface area contributed by atoms with E-state index in [4.69, 9.17) is 0 Å². The molecule has 59 heavy (non-hydrogen) atoms. The molecule has 1 atom stereocenters. The molecule has 0 N–H and O–H groups in total. The monoisotopic (exact) mass is 802 g/mol. The topological polar surface area (TPSA) is 0 Å². The lowest BCUT2D eigenvalue weighted by atomic mass is 9.69. The molecule has 294 valence electrons. The van der Waals surface area contributed by atoms with Crippen LogP contribution in [0.15, 0.2) is 223 Å². The number of fused-ring (bicyclic) bond motifs is 9. The number of hydrogen-bond acceptors (Lipinski definition) is 0. The minimum absolute atomic E-state index is 0.376. The third-order valence-corrected chi connectivity index (χ3v) is 16.1. The van der Waals surface area contributed by atoms with Gasteiger partial charge in [0.25, 0.3) is 0 Å². The molecule has 0 saturated carbocycles. The average Bonchev–Trinajstić information content (AvgIpc) is 3.47. The predicted molar refractivity (Wildman–Crippen MR) is 264 cm³/mol. The smallest absolute Gasteiger partial charge is 0.0691 e. The van der Waals surface area contributed by atoms with Crippen molar-refractivity contribution in [2.45, 2.75) is 59.8 Å². The second-order valence-corrected chi connectivity index (χ2v) is 18.4. The molecule has 0 bridgehead atoms. The Morgan fingerprint density at radius 3 is 1.46 bits per heavy atom. The summed E-state index contributed by atoms with van der Waals surface area (Å²) in [5.74, 6) is 0. The molecule has 0 nitrogen and oxygen atoms in total. The minimum atomic E-state index is -0.764. The van der Waals surface area contributed by atoms with E-state index in [0.29, 0.717) is 0 Å². The summed E-state index contributed by atoms with van der Waals surface area (Å²) in [5, 5.41) is 8.37. The quantitative estimate of drug-likeness (QED) is 0.147. The molecule has 6 aromatic carbocycles. The largest absolute Gasteiger partial charge is 0.0807 e. The lowest BCUT2D eigenvalue weighted by Gasteiger charge is -2.33. The summed E-state index contributed by atoms with van der Waals surface area (Å²) in [5.41, 5.74) is 10.8. The second kappa shape index (κ2) is 19.6. The van der Waals surface area contributed by atoms with Gasteiger partial charge in [-0.2, -0.15) is 0 Å². The summed E-state index contributed by atoms with van der Waals surface area (Å²) in [7, 11) is -1.48. The Morgan fingerprint density at radius 2 is 0.898 bits per heavy atom. The van der Waals surface area contributed by atoms with Crippen molar-refractivity contribution in [1.82, 2.24) is 0 Å². The van der Waals surface area contributed by atoms with E-state index in [1.165, 1.54) is 76.4 Å². The molecule has 4 aliphatic carbocycles. The Balaban J connectivity index is 0.000000844. The molecule has 0 amide bonds. The second-order valence-electron chi connectivity index (χ2n) is 14.0. The summed E-state index contributed by atoms with van der Waals surface area (Å²) in [6.07, 6.45) is 20.7. The third-order valence-electron chi connectivity index (χ3n) is 11.2. The van der Waals surface area contributed by atoms with Gasteiger partial charge in [0.1, 0.15) is 0 Å². The first-order valence-electron chi connectivity index (χ1n) is 21.6. The van der Waals surface area contributed by atoms with Gasteiger partial charge in [0, 0.05) is 0 Å². The number of hydrogen-bond donors (Lipinski definition) is 0. The SMILES string of the molecule is C1=CCC=C(P(c2ccccc2)c2ccc3c(c2)C2(C4=C3C=CC(P(c3ccccc3)c3ccccc3)=CC4)c3ccccc3-c3ccccc32)C=C1.CC.CC.CC. The fourth-order valence-electron chi connectivity index (χ4n) is 9.02. The Labute approximate surface area is 356 Å². The van der Waals surface area contributed by atoms with Crippen LogP contribution in [0.1, 0.15) is 76.6 Å². The highest BCUT2D eigenvalue weighted by Crippen LogP contribution is 2.64. The summed E-state index contributed by atoms with van der Waals surface area (Å²) in [6, 6.07) is 59.3. The standard InChI is InChI=1S/C51H38P2.3C2H6/c1-2-7-19-39(18-6-1)53(40-24-12-5-13-25-40)42-31-34-46-45-33-30-41(52(37-20-8-3-9-21-37)38-22-10-4-11-23-38)32-35-49(45)51(50(46)36-42)47-28-16-14-26-43(47)44-27-15-17-29-48(44)51;3*1-2/h1-6,8-34,36H,7,35H2;3*1-2H3. The molecule has 0 fully saturated rings. The van der Waals surface area contributed by atoms with Crippen molar-refractivity contribution < 1.29 is 0 Å². The highest BCUT2D eigenvalue weighted by molar-refractivity contribution is 7.77. The minimum Gasteiger partial charge on any atom is -0.0807 e. The first kappa shape index (κ1) is 41.8. The predicted octanol–water partition coefficient (Wildman–Crippen LogP) is 14.7. The third kappa shape index (κ3) is 7.67. The first-order valence-corrected chi connectivity index (χ1v) is 24.3. The zero-order chi connectivity index (χ0) is 41.2. The van der Waals surface area contributed by atoms with Crippen LogP contribution in [-0.4, -0.2) is 0 Å². The van der Waals surface area contributed by atoms with Crippen molar-refractivity contribution in [3.8, 4) is 11.1 Å². The van der Waals surface area contributed by atoms with E-state index in [0.717, 1.165) is 12.8 Å². The molecule has 10 rings (SSSR count). The van der Waals surface area contributed by atoms with Crippen LogP contribution in [0.3, 0.4) is 0 Å². The fraction of sp³-hybridized carbons (Fsp3) is 0.158. The van der Waals surface area contributed by atoms with Crippen molar-refractivity contribution >= 4 is 42.6 Å². The Kier molecular flexibility index (Phi) is 13.9. The summed E-state index contributed by atoms with van der Waals surface area (Å²) in [6.45, 7) is 12.0. The highest BCUT2D eigenvalue weighted by Gasteiger charge is 2.52. The van der Waals surface area contributed by atoms with Crippen LogP contribution in [0.25, 0.3) is 16.7 Å². The van der Waals surface area contributed by atoms with Gasteiger partial charge in [-0.25, -0.2) is 0 Å². The average molecular weight is 803 g/mol. The number of benzene rings is 6. The van der Waals surface area contributed by atoms with Crippen molar-refractivity contribution in [2.75, 3.05) is 0 Å². The van der Waals surface area contributed by atoms with Gasteiger partial charge in [-0.05, 0) is 111 Å². The first-order chi connectivity index (χ1) is 29.3. The van der Waals surface area contributed by atoms with Crippen LogP contribution in [0, 0.1) is 0 Å². The Morgan fingerprint density at radius 1 is 0.407 bits per heavy atom. The van der Waals surface area contributed by atoms with Gasteiger partial charge >= 0.3 is 0 Å². The highest BCUT2D eigenvalue weighted by atomic mass is 31.1. The maximum Gasteiger partial charge on any atom is 0.0691 e. The van der Waals surface area contributed by atoms with Crippen molar-refractivity contribution in [3.63, 3.8) is 0 Å². The Bertz CT molecular complexity index is 2460. The van der Waals surface area contributed by atoms with E-state index in [9.17, 15) is 0 Å². The molecule has 2 heteroatoms. The molecule has 0 aromatic heterocycles. The number of rotatable bonds is 6. The molecule has 0 aliphatic heterocycles. The molecule has 0 heterocycles. The van der Waals surface area contributed by atoms with Gasteiger partial charge in [-0.1, -0.05) is 242 Å². The maximum atomic E-state index is 2.60. The van der Waals surface area contributed by atoms with Crippen molar-refractivity contribution in [2.24, 2.45) is 0 Å². The van der Waals surface area contributed by atoms with Crippen LogP contribution >= 0.6 is 15.8 Å². The molecule has 4 aliphatic rings. The zero-order valence-electron chi connectivity index (χ0n) is 35.4. The van der Waals surface area contributed by atoms with Gasteiger partial charge in [-0.3, -0.25) is 0 Å². The summed E-state index contributed by atoms with van der Waals surface area (Å²) >= 11 is 0. The molecule has 1 spiro atoms. The summed E-state index contributed by atoms with van der Waals surface area (Å²) in [4.78, 5) is 0. The maximum absolute atomic E-state index is 2.60. The van der Waals surface area contributed by atoms with Gasteiger partial charge in [-0.15, -0.1) is 0 Å². The lowest BCUT2D eigenvalue weighted by Crippen LogP contribution is -2.28. The van der Waals surface area contributed by atoms with Crippen molar-refractivity contribution in [3.05, 3.63) is 245 Å². The summed E-state index contributed by atoms with van der Waals surface area (Å²) < 4.78 is 0. The van der Waals surface area contributed by atoms with Gasteiger partial charge in [0.05, 0.1) is 5.41 Å². The normalized spacial score (nSPS) is 15.3. The van der Waals surface area contributed by atoms with E-state index >= 15 is 0 Å². The van der Waals surface area contributed by atoms with Crippen LogP contribution in [0.4, 0.5) is 0 Å². The zero-order valence-corrected chi connectivity index (χ0v) is 37.2. The van der Waals surface area contributed by atoms with Crippen LogP contribution in [0.2, 0.25) is 0 Å². The number of allylic oxidation sites excluding steroid dienone is 12. The van der Waals surface area contributed by atoms with Crippen molar-refractivity contribution in [1.29, 1.82) is 0 Å². The van der Waals surface area contributed by atoms with E-state index < -0.39 is 15.8 Å². The lowest BCUT2D eigenvalue weighted by molar-refractivity contribution is 0.747. The van der Waals surface area contributed by atoms with E-state index in [1.54, 1.807) is 0 Å². The van der Waals surface area contributed by atoms with Gasteiger partial charge in [0.2, 0.25) is 0 Å². The van der Waals surface area contributed by atoms with Crippen LogP contribution in [0.5, 0.6) is 0 Å². The fourth-order valence-corrected chi connectivity index (χ4v) is 13.7. The molecular weight excluding hydrogens is 747 g/mol. The van der Waals surface area contributed by atoms with E-state index in [1.807, 2.05) is 41.5 Å². The molecule has 0 radical (unpaired) electrons. The molecule has 6 aromatic rings. The van der Waals surface area contributed by atoms with Crippen LogP contribution in [-0.2, 0) is 5.41 Å². The molecular formula is C57H56P2. The van der Waals surface area contributed by atoms with Gasteiger partial charge in [0.15, 0.2) is 0 Å². The van der Waals surface area contributed by atoms with Gasteiger partial charge < -0.3 is 0 Å². The van der Waals surface area contributed by atoms with Crippen LogP contribution < -0.4 is 21.2 Å². The molecule has 0 saturated heterocycles. The molecule has 1 unspecified atom stereocenters.